The molecule has 1 heterocycles. The molecule has 0 unspecified atom stereocenters. The molecule has 2 amide bonds. The standard InChI is InChI=1S/C19H19FN4O2/c20-15-5-6-17(14(10-15)11-21)24-19(25)23-12-13-7-8-22-18(9-13)26-16-3-1-2-4-16/h5-10,16H,1-4,12H2,(H2,23,24,25). The molecular weight excluding hydrogens is 335 g/mol. The number of benzene rings is 1. The summed E-state index contributed by atoms with van der Waals surface area (Å²) in [5, 5.41) is 14.2. The number of nitrogens with zero attached hydrogens (tertiary/aromatic N) is 2. The van der Waals surface area contributed by atoms with Crippen molar-refractivity contribution in [1.82, 2.24) is 10.3 Å². The number of carbonyl (C=O) groups excluding carboxylic acids is 1. The van der Waals surface area contributed by atoms with Crippen molar-refractivity contribution in [3.63, 3.8) is 0 Å². The molecule has 1 saturated carbocycles. The highest BCUT2D eigenvalue weighted by atomic mass is 19.1. The summed E-state index contributed by atoms with van der Waals surface area (Å²) in [5.41, 5.74) is 1.17. The molecule has 1 aliphatic rings. The Bertz CT molecular complexity index is 829. The lowest BCUT2D eigenvalue weighted by Crippen LogP contribution is -2.28. The van der Waals surface area contributed by atoms with Gasteiger partial charge >= 0.3 is 6.03 Å². The van der Waals surface area contributed by atoms with Crippen LogP contribution in [-0.2, 0) is 6.54 Å². The summed E-state index contributed by atoms with van der Waals surface area (Å²) in [4.78, 5) is 16.2. The monoisotopic (exact) mass is 354 g/mol. The Hall–Kier alpha value is -3.14. The molecule has 0 bridgehead atoms. The van der Waals surface area contributed by atoms with Gasteiger partial charge in [-0.25, -0.2) is 14.2 Å². The number of hydrogen-bond donors (Lipinski definition) is 2. The zero-order valence-electron chi connectivity index (χ0n) is 14.2. The van der Waals surface area contributed by atoms with Crippen molar-refractivity contribution in [3.8, 4) is 11.9 Å². The lowest BCUT2D eigenvalue weighted by molar-refractivity contribution is 0.201. The number of nitriles is 1. The van der Waals surface area contributed by atoms with Crippen molar-refractivity contribution < 1.29 is 13.9 Å². The molecule has 1 aromatic heterocycles. The Kier molecular flexibility index (Phi) is 5.64. The molecule has 7 heteroatoms. The Morgan fingerprint density at radius 2 is 2.12 bits per heavy atom. The van der Waals surface area contributed by atoms with E-state index in [1.165, 1.54) is 25.0 Å². The molecule has 26 heavy (non-hydrogen) atoms. The maximum atomic E-state index is 13.1. The summed E-state index contributed by atoms with van der Waals surface area (Å²) in [7, 11) is 0. The van der Waals surface area contributed by atoms with Crippen LogP contribution in [0.25, 0.3) is 0 Å². The molecule has 1 fully saturated rings. The number of aromatic nitrogens is 1. The van der Waals surface area contributed by atoms with Gasteiger partial charge in [-0.2, -0.15) is 5.26 Å². The van der Waals surface area contributed by atoms with E-state index in [4.69, 9.17) is 10.00 Å². The van der Waals surface area contributed by atoms with Crippen LogP contribution in [-0.4, -0.2) is 17.1 Å². The van der Waals surface area contributed by atoms with Gasteiger partial charge in [-0.1, -0.05) is 0 Å². The first-order valence-corrected chi connectivity index (χ1v) is 8.50. The minimum absolute atomic E-state index is 0.0660. The minimum Gasteiger partial charge on any atom is -0.474 e. The minimum atomic E-state index is -0.529. The Morgan fingerprint density at radius 1 is 1.31 bits per heavy atom. The molecule has 0 saturated heterocycles. The Labute approximate surface area is 151 Å². The number of urea groups is 1. The first-order valence-electron chi connectivity index (χ1n) is 8.50. The van der Waals surface area contributed by atoms with Crippen LogP contribution in [0.1, 0.15) is 36.8 Å². The van der Waals surface area contributed by atoms with Gasteiger partial charge in [0.2, 0.25) is 5.88 Å². The van der Waals surface area contributed by atoms with Gasteiger partial charge in [0.25, 0.3) is 0 Å². The SMILES string of the molecule is N#Cc1cc(F)ccc1NC(=O)NCc1ccnc(OC2CCCC2)c1. The number of hydrogen-bond acceptors (Lipinski definition) is 4. The smallest absolute Gasteiger partial charge is 0.319 e. The van der Waals surface area contributed by atoms with Crippen molar-refractivity contribution >= 4 is 11.7 Å². The van der Waals surface area contributed by atoms with Crippen molar-refractivity contribution in [2.75, 3.05) is 5.32 Å². The fourth-order valence-electron chi connectivity index (χ4n) is 2.87. The van der Waals surface area contributed by atoms with E-state index < -0.39 is 11.8 Å². The predicted octanol–water partition coefficient (Wildman–Crippen LogP) is 3.74. The highest BCUT2D eigenvalue weighted by Gasteiger charge is 2.17. The van der Waals surface area contributed by atoms with Gasteiger partial charge in [0.1, 0.15) is 18.0 Å². The molecule has 0 radical (unpaired) electrons. The number of rotatable bonds is 5. The third-order valence-corrected chi connectivity index (χ3v) is 4.19. The third kappa shape index (κ3) is 4.70. The van der Waals surface area contributed by atoms with E-state index in [2.05, 4.69) is 15.6 Å². The zero-order chi connectivity index (χ0) is 18.4. The fraction of sp³-hybridized carbons (Fsp3) is 0.316. The fourth-order valence-corrected chi connectivity index (χ4v) is 2.87. The number of ether oxygens (including phenoxy) is 1. The molecule has 2 aromatic rings. The van der Waals surface area contributed by atoms with Crippen LogP contribution in [0.4, 0.5) is 14.9 Å². The molecule has 0 aliphatic heterocycles. The van der Waals surface area contributed by atoms with E-state index >= 15 is 0 Å². The molecule has 6 nitrogen and oxygen atoms in total. The van der Waals surface area contributed by atoms with Gasteiger partial charge in [-0.15, -0.1) is 0 Å². The van der Waals surface area contributed by atoms with Crippen LogP contribution in [0.2, 0.25) is 0 Å². The number of carbonyl (C=O) groups is 1. The van der Waals surface area contributed by atoms with E-state index in [1.807, 2.05) is 6.07 Å². The lowest BCUT2D eigenvalue weighted by Gasteiger charge is -2.13. The average molecular weight is 354 g/mol. The Morgan fingerprint density at radius 3 is 2.88 bits per heavy atom. The molecule has 1 aliphatic carbocycles. The molecule has 134 valence electrons. The molecule has 3 rings (SSSR count). The second-order valence-electron chi connectivity index (χ2n) is 6.14. The maximum Gasteiger partial charge on any atom is 0.319 e. The van der Waals surface area contributed by atoms with Gasteiger partial charge in [0.15, 0.2) is 0 Å². The van der Waals surface area contributed by atoms with Gasteiger partial charge in [0, 0.05) is 18.8 Å². The van der Waals surface area contributed by atoms with Crippen molar-refractivity contribution in [3.05, 3.63) is 53.5 Å². The Balaban J connectivity index is 1.55. The highest BCUT2D eigenvalue weighted by Crippen LogP contribution is 2.23. The maximum absolute atomic E-state index is 13.1. The first-order chi connectivity index (χ1) is 12.6. The molecule has 2 N–H and O–H groups in total. The first kappa shape index (κ1) is 17.7. The lowest BCUT2D eigenvalue weighted by atomic mass is 10.2. The van der Waals surface area contributed by atoms with Crippen LogP contribution < -0.4 is 15.4 Å². The van der Waals surface area contributed by atoms with Crippen molar-refractivity contribution in [1.29, 1.82) is 5.26 Å². The van der Waals surface area contributed by atoms with Gasteiger partial charge < -0.3 is 15.4 Å². The molecule has 1 aromatic carbocycles. The summed E-state index contributed by atoms with van der Waals surface area (Å²) in [5.74, 6) is 0.0287. The van der Waals surface area contributed by atoms with Crippen molar-refractivity contribution in [2.45, 2.75) is 38.3 Å². The second-order valence-corrected chi connectivity index (χ2v) is 6.14. The molecular formula is C19H19FN4O2. The van der Waals surface area contributed by atoms with Crippen LogP contribution in [0.3, 0.4) is 0 Å². The summed E-state index contributed by atoms with van der Waals surface area (Å²) in [6.45, 7) is 0.276. The van der Waals surface area contributed by atoms with Crippen LogP contribution >= 0.6 is 0 Å². The van der Waals surface area contributed by atoms with Crippen LogP contribution in [0.5, 0.6) is 5.88 Å². The highest BCUT2D eigenvalue weighted by molar-refractivity contribution is 5.90. The third-order valence-electron chi connectivity index (χ3n) is 4.19. The number of amides is 2. The normalized spacial score (nSPS) is 13.8. The van der Waals surface area contributed by atoms with Gasteiger partial charge in [0.05, 0.1) is 11.3 Å². The van der Waals surface area contributed by atoms with Gasteiger partial charge in [-0.3, -0.25) is 0 Å². The second kappa shape index (κ2) is 8.30. The summed E-state index contributed by atoms with van der Waals surface area (Å²) < 4.78 is 19.0. The van der Waals surface area contributed by atoms with E-state index in [0.717, 1.165) is 24.5 Å². The van der Waals surface area contributed by atoms with E-state index in [-0.39, 0.29) is 23.9 Å². The largest absolute Gasteiger partial charge is 0.474 e. The number of anilines is 1. The van der Waals surface area contributed by atoms with E-state index in [1.54, 1.807) is 18.3 Å². The van der Waals surface area contributed by atoms with Gasteiger partial charge in [-0.05, 0) is 55.5 Å². The predicted molar refractivity (Wildman–Crippen MR) is 94.1 cm³/mol. The summed E-state index contributed by atoms with van der Waals surface area (Å²) in [6, 6.07) is 8.58. The number of pyridine rings is 1. The average Bonchev–Trinajstić information content (AvgIpc) is 3.15. The number of halogens is 1. The topological polar surface area (TPSA) is 87.0 Å². The van der Waals surface area contributed by atoms with Crippen LogP contribution in [0.15, 0.2) is 36.5 Å². The molecule has 0 spiro atoms. The van der Waals surface area contributed by atoms with E-state index in [0.29, 0.717) is 5.88 Å². The van der Waals surface area contributed by atoms with E-state index in [9.17, 15) is 9.18 Å². The van der Waals surface area contributed by atoms with Crippen LogP contribution in [0, 0.1) is 17.1 Å². The molecule has 0 atom stereocenters. The number of nitrogens with one attached hydrogen (secondary N) is 2. The summed E-state index contributed by atoms with van der Waals surface area (Å²) in [6.07, 6.45) is 6.32. The zero-order valence-corrected chi connectivity index (χ0v) is 14.2. The quantitative estimate of drug-likeness (QED) is 0.856. The van der Waals surface area contributed by atoms with Crippen molar-refractivity contribution in [2.24, 2.45) is 0 Å². The summed E-state index contributed by atoms with van der Waals surface area (Å²) >= 11 is 0.